The monoisotopic (exact) mass is 386 g/mol. The molecular weight excluding hydrogens is 364 g/mol. The fourth-order valence-electron chi connectivity index (χ4n) is 3.24. The molecule has 1 atom stereocenters. The summed E-state index contributed by atoms with van der Waals surface area (Å²) < 4.78 is 23.8. The molecule has 1 heterocycles. The molecule has 27 heavy (non-hydrogen) atoms. The van der Waals surface area contributed by atoms with Crippen LogP contribution in [0.4, 0.5) is 11.4 Å². The Kier molecular flexibility index (Phi) is 5.60. The first-order chi connectivity index (χ1) is 12.9. The lowest BCUT2D eigenvalue weighted by Gasteiger charge is -2.28. The minimum atomic E-state index is -3.12. The molecule has 1 N–H and O–H groups in total. The molecule has 7 heteroatoms. The van der Waals surface area contributed by atoms with Crippen LogP contribution in [0.15, 0.2) is 54.6 Å². The quantitative estimate of drug-likeness (QED) is 0.772. The Balaban J connectivity index is 1.77. The van der Waals surface area contributed by atoms with Crippen molar-refractivity contribution in [2.24, 2.45) is 0 Å². The minimum absolute atomic E-state index is 0.00675. The smallest absolute Gasteiger partial charge is 0.246 e. The number of hydrogen-bond acceptors (Lipinski definition) is 5. The molecule has 0 radical (unpaired) electrons. The van der Waals surface area contributed by atoms with Crippen molar-refractivity contribution in [1.82, 2.24) is 0 Å². The Hall–Kier alpha value is -2.67. The molecule has 6 nitrogen and oxygen atoms in total. The van der Waals surface area contributed by atoms with Crippen LogP contribution in [0.3, 0.4) is 0 Å². The number of ketones is 1. The van der Waals surface area contributed by atoms with E-state index in [1.54, 1.807) is 41.3 Å². The second-order valence-electron chi connectivity index (χ2n) is 6.65. The van der Waals surface area contributed by atoms with E-state index < -0.39 is 9.84 Å². The molecule has 1 amide bonds. The highest BCUT2D eigenvalue weighted by atomic mass is 32.2. The first kappa shape index (κ1) is 19.1. The lowest BCUT2D eigenvalue weighted by Crippen LogP contribution is -2.44. The third-order valence-electron chi connectivity index (χ3n) is 4.59. The van der Waals surface area contributed by atoms with E-state index in [4.69, 9.17) is 0 Å². The molecule has 0 bridgehead atoms. The van der Waals surface area contributed by atoms with E-state index in [0.717, 1.165) is 0 Å². The maximum Gasteiger partial charge on any atom is 0.246 e. The molecule has 3 rings (SSSR count). The van der Waals surface area contributed by atoms with E-state index in [2.05, 4.69) is 5.32 Å². The van der Waals surface area contributed by atoms with Crippen molar-refractivity contribution in [3.8, 4) is 0 Å². The normalized spacial score (nSPS) is 18.0. The Labute approximate surface area is 159 Å². The topological polar surface area (TPSA) is 83.6 Å². The number of amides is 1. The van der Waals surface area contributed by atoms with Crippen LogP contribution in [0, 0.1) is 0 Å². The summed E-state index contributed by atoms with van der Waals surface area (Å²) in [6.07, 6.45) is 0.433. The van der Waals surface area contributed by atoms with Crippen LogP contribution < -0.4 is 10.2 Å². The summed E-state index contributed by atoms with van der Waals surface area (Å²) in [6, 6.07) is 15.7. The molecule has 1 fully saturated rings. The van der Waals surface area contributed by atoms with Crippen molar-refractivity contribution in [3.63, 3.8) is 0 Å². The molecule has 0 saturated carbocycles. The lowest BCUT2D eigenvalue weighted by molar-refractivity contribution is -0.117. The van der Waals surface area contributed by atoms with Crippen molar-refractivity contribution in [2.45, 2.75) is 19.4 Å². The summed E-state index contributed by atoms with van der Waals surface area (Å²) in [7, 11) is -3.12. The predicted octanol–water partition coefficient (Wildman–Crippen LogP) is 2.52. The van der Waals surface area contributed by atoms with Crippen molar-refractivity contribution < 1.29 is 18.0 Å². The zero-order valence-electron chi connectivity index (χ0n) is 15.1. The van der Waals surface area contributed by atoms with Gasteiger partial charge in [-0.15, -0.1) is 0 Å². The van der Waals surface area contributed by atoms with Gasteiger partial charge in [0.2, 0.25) is 5.91 Å². The highest BCUT2D eigenvalue weighted by molar-refractivity contribution is 7.91. The number of para-hydroxylation sites is 1. The number of anilines is 2. The predicted molar refractivity (Wildman–Crippen MR) is 106 cm³/mol. The maximum absolute atomic E-state index is 12.9. The molecule has 0 spiro atoms. The number of benzene rings is 2. The number of rotatable bonds is 6. The number of nitrogens with one attached hydrogen (secondary N) is 1. The fourth-order valence-corrected chi connectivity index (χ4v) is 4.94. The fraction of sp³-hybridized carbons (Fsp3) is 0.300. The number of carbonyl (C=O) groups excluding carboxylic acids is 2. The zero-order chi connectivity index (χ0) is 19.4. The maximum atomic E-state index is 12.9. The van der Waals surface area contributed by atoms with Gasteiger partial charge >= 0.3 is 0 Å². The van der Waals surface area contributed by atoms with E-state index in [9.17, 15) is 18.0 Å². The van der Waals surface area contributed by atoms with Gasteiger partial charge in [0.25, 0.3) is 0 Å². The SMILES string of the molecule is CC(=O)c1cccc(NCC(=O)N(c2ccccc2)[C@H]2CCS(=O)(=O)C2)c1. The van der Waals surface area contributed by atoms with Crippen molar-refractivity contribution in [3.05, 3.63) is 60.2 Å². The highest BCUT2D eigenvalue weighted by Crippen LogP contribution is 2.24. The van der Waals surface area contributed by atoms with Gasteiger partial charge in [-0.2, -0.15) is 0 Å². The highest BCUT2D eigenvalue weighted by Gasteiger charge is 2.35. The third-order valence-corrected chi connectivity index (χ3v) is 6.34. The van der Waals surface area contributed by atoms with Gasteiger partial charge in [-0.3, -0.25) is 9.59 Å². The van der Waals surface area contributed by atoms with E-state index in [1.807, 2.05) is 18.2 Å². The molecule has 1 aliphatic heterocycles. The van der Waals surface area contributed by atoms with E-state index in [0.29, 0.717) is 23.4 Å². The number of nitrogens with zero attached hydrogens (tertiary/aromatic N) is 1. The van der Waals surface area contributed by atoms with Crippen molar-refractivity contribution >= 4 is 32.9 Å². The molecule has 0 aromatic heterocycles. The van der Waals surface area contributed by atoms with Crippen LogP contribution >= 0.6 is 0 Å². The van der Waals surface area contributed by atoms with Gasteiger partial charge in [0.1, 0.15) is 0 Å². The van der Waals surface area contributed by atoms with Gasteiger partial charge in [-0.1, -0.05) is 30.3 Å². The number of carbonyl (C=O) groups is 2. The second-order valence-corrected chi connectivity index (χ2v) is 8.88. The number of hydrogen-bond donors (Lipinski definition) is 1. The summed E-state index contributed by atoms with van der Waals surface area (Å²) in [4.78, 5) is 26.0. The minimum Gasteiger partial charge on any atom is -0.376 e. The van der Waals surface area contributed by atoms with Gasteiger partial charge in [-0.05, 0) is 37.6 Å². The second kappa shape index (κ2) is 7.92. The van der Waals surface area contributed by atoms with Crippen LogP contribution in [0.5, 0.6) is 0 Å². The van der Waals surface area contributed by atoms with E-state index in [-0.39, 0.29) is 35.8 Å². The summed E-state index contributed by atoms with van der Waals surface area (Å²) in [5.41, 5.74) is 1.92. The molecule has 1 saturated heterocycles. The number of Topliss-reactive ketones (excluding diaryl/α,β-unsaturated/α-hetero) is 1. The molecular formula is C20H22N2O4S. The van der Waals surface area contributed by atoms with Crippen molar-refractivity contribution in [1.29, 1.82) is 0 Å². The molecule has 2 aromatic carbocycles. The standard InChI is InChI=1S/C20H22N2O4S/c1-15(23)16-6-5-7-17(12-16)21-13-20(24)22(18-8-3-2-4-9-18)19-10-11-27(25,26)14-19/h2-9,12,19,21H,10-11,13-14H2,1H3/t19-/m0/s1. The van der Waals surface area contributed by atoms with Gasteiger partial charge in [0, 0.05) is 16.9 Å². The molecule has 2 aromatic rings. The lowest BCUT2D eigenvalue weighted by atomic mass is 10.1. The average molecular weight is 386 g/mol. The summed E-state index contributed by atoms with van der Waals surface area (Å²) >= 11 is 0. The van der Waals surface area contributed by atoms with E-state index >= 15 is 0 Å². The molecule has 0 aliphatic carbocycles. The molecule has 1 aliphatic rings. The Morgan fingerprint density at radius 1 is 1.11 bits per heavy atom. The third kappa shape index (κ3) is 4.74. The summed E-state index contributed by atoms with van der Waals surface area (Å²) in [5.74, 6) is -0.181. The first-order valence-corrected chi connectivity index (χ1v) is 10.6. The van der Waals surface area contributed by atoms with Crippen LogP contribution in [0.25, 0.3) is 0 Å². The number of sulfone groups is 1. The molecule has 142 valence electrons. The summed E-state index contributed by atoms with van der Waals surface area (Å²) in [5, 5.41) is 3.04. The largest absolute Gasteiger partial charge is 0.376 e. The van der Waals surface area contributed by atoms with Crippen LogP contribution in [0.1, 0.15) is 23.7 Å². The van der Waals surface area contributed by atoms with Crippen LogP contribution in [-0.2, 0) is 14.6 Å². The average Bonchev–Trinajstić information content (AvgIpc) is 3.00. The summed E-state index contributed by atoms with van der Waals surface area (Å²) in [6.45, 7) is 1.49. The Morgan fingerprint density at radius 3 is 2.48 bits per heavy atom. The zero-order valence-corrected chi connectivity index (χ0v) is 15.9. The first-order valence-electron chi connectivity index (χ1n) is 8.78. The van der Waals surface area contributed by atoms with Crippen molar-refractivity contribution in [2.75, 3.05) is 28.3 Å². The van der Waals surface area contributed by atoms with Gasteiger partial charge < -0.3 is 10.2 Å². The van der Waals surface area contributed by atoms with Crippen LogP contribution in [0.2, 0.25) is 0 Å². The van der Waals surface area contributed by atoms with Gasteiger partial charge in [-0.25, -0.2) is 8.42 Å². The molecule has 0 unspecified atom stereocenters. The van der Waals surface area contributed by atoms with Crippen LogP contribution in [-0.4, -0.2) is 44.2 Å². The Bertz CT molecular complexity index is 941. The Morgan fingerprint density at radius 2 is 1.85 bits per heavy atom. The van der Waals surface area contributed by atoms with E-state index in [1.165, 1.54) is 6.92 Å². The van der Waals surface area contributed by atoms with Gasteiger partial charge in [0.05, 0.1) is 24.1 Å². The van der Waals surface area contributed by atoms with Gasteiger partial charge in [0.15, 0.2) is 15.6 Å².